The number of quaternary nitrogens is 1. The zero-order valence-corrected chi connectivity index (χ0v) is 13.0. The van der Waals surface area contributed by atoms with Crippen LogP contribution in [0.4, 0.5) is 0 Å². The van der Waals surface area contributed by atoms with Gasteiger partial charge in [0.25, 0.3) is 0 Å². The first kappa shape index (κ1) is 15.9. The van der Waals surface area contributed by atoms with Crippen molar-refractivity contribution in [1.29, 1.82) is 0 Å². The Morgan fingerprint density at radius 3 is 2.29 bits per heavy atom. The standard InChI is InChI=1S/C15H25N3O3/c1-17(2)10-8-16-13(19)7-9-18-14(20)11-5-3-4-6-12(11)15(18)21/h11-12H,3-10H2,1-2H3,(H,16,19)/p+1/t11-,12+. The second-order valence-electron chi connectivity index (χ2n) is 6.38. The molecule has 1 aliphatic heterocycles. The number of fused-ring (bicyclic) bond motifs is 1. The average molecular weight is 296 g/mol. The number of amides is 3. The first-order valence-corrected chi connectivity index (χ1v) is 7.91. The average Bonchev–Trinajstić information content (AvgIpc) is 2.69. The van der Waals surface area contributed by atoms with Gasteiger partial charge in [-0.25, -0.2) is 0 Å². The quantitative estimate of drug-likeness (QED) is 0.606. The Bertz CT molecular complexity index is 398. The van der Waals surface area contributed by atoms with Gasteiger partial charge in [-0.15, -0.1) is 0 Å². The van der Waals surface area contributed by atoms with E-state index in [1.54, 1.807) is 0 Å². The molecule has 6 nitrogen and oxygen atoms in total. The molecule has 1 aliphatic carbocycles. The minimum Gasteiger partial charge on any atom is -0.350 e. The van der Waals surface area contributed by atoms with Gasteiger partial charge in [0.1, 0.15) is 0 Å². The summed E-state index contributed by atoms with van der Waals surface area (Å²) in [4.78, 5) is 38.8. The van der Waals surface area contributed by atoms with Gasteiger partial charge in [0.05, 0.1) is 39.0 Å². The lowest BCUT2D eigenvalue weighted by Crippen LogP contribution is -3.06. The lowest BCUT2D eigenvalue weighted by atomic mass is 9.81. The number of hydrogen-bond donors (Lipinski definition) is 2. The Hall–Kier alpha value is -1.43. The number of carbonyl (C=O) groups is 3. The predicted molar refractivity (Wildman–Crippen MR) is 77.5 cm³/mol. The fraction of sp³-hybridized carbons (Fsp3) is 0.800. The summed E-state index contributed by atoms with van der Waals surface area (Å²) in [5.74, 6) is -0.449. The van der Waals surface area contributed by atoms with Crippen LogP contribution in [0.3, 0.4) is 0 Å². The van der Waals surface area contributed by atoms with Crippen molar-refractivity contribution in [2.75, 3.05) is 33.7 Å². The van der Waals surface area contributed by atoms with Crippen LogP contribution in [0, 0.1) is 11.8 Å². The van der Waals surface area contributed by atoms with Crippen LogP contribution in [0.2, 0.25) is 0 Å². The van der Waals surface area contributed by atoms with Crippen molar-refractivity contribution in [3.63, 3.8) is 0 Å². The maximum Gasteiger partial charge on any atom is 0.233 e. The molecule has 0 spiro atoms. The SMILES string of the molecule is C[NH+](C)CCNC(=O)CCN1C(=O)[C@H]2CCCC[C@H]2C1=O. The number of nitrogens with one attached hydrogen (secondary N) is 2. The van der Waals surface area contributed by atoms with Crippen molar-refractivity contribution in [3.8, 4) is 0 Å². The highest BCUT2D eigenvalue weighted by atomic mass is 16.2. The molecule has 0 aromatic heterocycles. The lowest BCUT2D eigenvalue weighted by molar-refractivity contribution is -0.856. The van der Waals surface area contributed by atoms with Crippen molar-refractivity contribution >= 4 is 17.7 Å². The zero-order chi connectivity index (χ0) is 15.4. The van der Waals surface area contributed by atoms with Crippen molar-refractivity contribution in [2.24, 2.45) is 11.8 Å². The van der Waals surface area contributed by atoms with E-state index in [1.807, 2.05) is 14.1 Å². The molecule has 3 amide bonds. The molecule has 1 saturated heterocycles. The molecular weight excluding hydrogens is 270 g/mol. The lowest BCUT2D eigenvalue weighted by Gasteiger charge is -2.19. The highest BCUT2D eigenvalue weighted by Crippen LogP contribution is 2.37. The molecule has 1 saturated carbocycles. The van der Waals surface area contributed by atoms with Gasteiger partial charge in [-0.3, -0.25) is 19.3 Å². The third-order valence-electron chi connectivity index (χ3n) is 4.44. The normalized spacial score (nSPS) is 25.4. The second kappa shape index (κ2) is 7.02. The van der Waals surface area contributed by atoms with Crippen molar-refractivity contribution < 1.29 is 19.3 Å². The topological polar surface area (TPSA) is 70.9 Å². The number of hydrogen-bond acceptors (Lipinski definition) is 3. The summed E-state index contributed by atoms with van der Waals surface area (Å²) < 4.78 is 0. The van der Waals surface area contributed by atoms with Crippen LogP contribution in [-0.2, 0) is 14.4 Å². The van der Waals surface area contributed by atoms with E-state index in [1.165, 1.54) is 9.80 Å². The number of carbonyl (C=O) groups excluding carboxylic acids is 3. The maximum absolute atomic E-state index is 12.2. The number of imide groups is 1. The molecule has 0 aromatic rings. The molecule has 1 heterocycles. The number of rotatable bonds is 6. The Morgan fingerprint density at radius 1 is 1.19 bits per heavy atom. The molecule has 6 heteroatoms. The van der Waals surface area contributed by atoms with Crippen LogP contribution in [0.5, 0.6) is 0 Å². The number of likely N-dealkylation sites (N-methyl/N-ethyl adjacent to an activating group) is 1. The molecule has 21 heavy (non-hydrogen) atoms. The van der Waals surface area contributed by atoms with Crippen LogP contribution >= 0.6 is 0 Å². The molecule has 0 radical (unpaired) electrons. The summed E-state index contributed by atoms with van der Waals surface area (Å²) in [6, 6.07) is 0. The summed E-state index contributed by atoms with van der Waals surface area (Å²) >= 11 is 0. The Labute approximate surface area is 125 Å². The minimum atomic E-state index is -0.119. The number of likely N-dealkylation sites (tertiary alicyclic amines) is 1. The summed E-state index contributed by atoms with van der Waals surface area (Å²) in [6.07, 6.45) is 3.91. The van der Waals surface area contributed by atoms with Crippen molar-refractivity contribution in [3.05, 3.63) is 0 Å². The van der Waals surface area contributed by atoms with Crippen molar-refractivity contribution in [2.45, 2.75) is 32.1 Å². The molecular formula is C15H26N3O3+. The minimum absolute atomic E-state index is 0.0600. The smallest absolute Gasteiger partial charge is 0.233 e. The van der Waals surface area contributed by atoms with Gasteiger partial charge < -0.3 is 10.2 Å². The summed E-state index contributed by atoms with van der Waals surface area (Å²) in [6.45, 7) is 1.71. The van der Waals surface area contributed by atoms with Gasteiger partial charge in [-0.2, -0.15) is 0 Å². The van der Waals surface area contributed by atoms with E-state index in [-0.39, 0.29) is 42.5 Å². The highest BCUT2D eigenvalue weighted by molar-refractivity contribution is 6.05. The molecule has 2 rings (SSSR count). The van der Waals surface area contributed by atoms with Crippen LogP contribution < -0.4 is 10.2 Å². The van der Waals surface area contributed by atoms with Gasteiger partial charge in [0.15, 0.2) is 0 Å². The Morgan fingerprint density at radius 2 is 1.76 bits per heavy atom. The van der Waals surface area contributed by atoms with E-state index in [0.29, 0.717) is 6.54 Å². The third kappa shape index (κ3) is 3.81. The molecule has 2 fully saturated rings. The van der Waals surface area contributed by atoms with Crippen LogP contribution in [-0.4, -0.2) is 56.4 Å². The Balaban J connectivity index is 1.79. The van der Waals surface area contributed by atoms with Gasteiger partial charge in [0.2, 0.25) is 17.7 Å². The molecule has 2 atom stereocenters. The van der Waals surface area contributed by atoms with E-state index in [9.17, 15) is 14.4 Å². The molecule has 118 valence electrons. The fourth-order valence-corrected chi connectivity index (χ4v) is 3.21. The molecule has 0 unspecified atom stereocenters. The maximum atomic E-state index is 12.2. The monoisotopic (exact) mass is 296 g/mol. The first-order valence-electron chi connectivity index (χ1n) is 7.91. The largest absolute Gasteiger partial charge is 0.350 e. The molecule has 0 bridgehead atoms. The summed E-state index contributed by atoms with van der Waals surface area (Å²) in [5, 5.41) is 2.82. The van der Waals surface area contributed by atoms with Gasteiger partial charge in [-0.1, -0.05) is 12.8 Å². The molecule has 2 N–H and O–H groups in total. The second-order valence-corrected chi connectivity index (χ2v) is 6.38. The van der Waals surface area contributed by atoms with Gasteiger partial charge >= 0.3 is 0 Å². The third-order valence-corrected chi connectivity index (χ3v) is 4.44. The molecule has 2 aliphatic rings. The molecule has 0 aromatic carbocycles. The van der Waals surface area contributed by atoms with Gasteiger partial charge in [0, 0.05) is 13.0 Å². The predicted octanol–water partition coefficient (Wildman–Crippen LogP) is -1.19. The van der Waals surface area contributed by atoms with E-state index < -0.39 is 0 Å². The van der Waals surface area contributed by atoms with E-state index in [2.05, 4.69) is 5.32 Å². The Kier molecular flexibility index (Phi) is 5.33. The van der Waals surface area contributed by atoms with Crippen molar-refractivity contribution in [1.82, 2.24) is 10.2 Å². The van der Waals surface area contributed by atoms with Gasteiger partial charge in [-0.05, 0) is 12.8 Å². The summed E-state index contributed by atoms with van der Waals surface area (Å²) in [7, 11) is 4.05. The first-order chi connectivity index (χ1) is 10.0. The van der Waals surface area contributed by atoms with E-state index in [0.717, 1.165) is 32.2 Å². The van der Waals surface area contributed by atoms with Crippen LogP contribution in [0.15, 0.2) is 0 Å². The fourth-order valence-electron chi connectivity index (χ4n) is 3.21. The van der Waals surface area contributed by atoms with E-state index in [4.69, 9.17) is 0 Å². The van der Waals surface area contributed by atoms with Crippen LogP contribution in [0.1, 0.15) is 32.1 Å². The van der Waals surface area contributed by atoms with Crippen LogP contribution in [0.25, 0.3) is 0 Å². The van der Waals surface area contributed by atoms with E-state index >= 15 is 0 Å². The highest BCUT2D eigenvalue weighted by Gasteiger charge is 2.47. The summed E-state index contributed by atoms with van der Waals surface area (Å²) in [5.41, 5.74) is 0. The zero-order valence-electron chi connectivity index (χ0n) is 13.0. The number of nitrogens with zero attached hydrogens (tertiary/aromatic N) is 1.